The minimum atomic E-state index is 0.123. The third-order valence-corrected chi connectivity index (χ3v) is 3.85. The molecule has 1 rings (SSSR count). The molecule has 0 spiro atoms. The van der Waals surface area contributed by atoms with E-state index in [0.29, 0.717) is 11.5 Å². The van der Waals surface area contributed by atoms with Crippen LogP contribution in [0.1, 0.15) is 59.3 Å². The SMILES string of the molecule is CCC1(CC)CCCC(NC(C)=O)C1. The minimum Gasteiger partial charge on any atom is -0.354 e. The van der Waals surface area contributed by atoms with Crippen molar-refractivity contribution in [2.75, 3.05) is 0 Å². The second-order valence-corrected chi connectivity index (χ2v) is 4.70. The summed E-state index contributed by atoms with van der Waals surface area (Å²) in [5.74, 6) is 0.123. The highest BCUT2D eigenvalue weighted by atomic mass is 16.1. The Labute approximate surface area is 87.5 Å². The molecule has 0 heterocycles. The van der Waals surface area contributed by atoms with Crippen molar-refractivity contribution in [3.8, 4) is 0 Å². The van der Waals surface area contributed by atoms with Gasteiger partial charge in [-0.05, 0) is 24.7 Å². The summed E-state index contributed by atoms with van der Waals surface area (Å²) >= 11 is 0. The highest BCUT2D eigenvalue weighted by Gasteiger charge is 2.33. The topological polar surface area (TPSA) is 29.1 Å². The average molecular weight is 197 g/mol. The first-order valence-corrected chi connectivity index (χ1v) is 5.89. The summed E-state index contributed by atoms with van der Waals surface area (Å²) in [5, 5.41) is 3.07. The molecule has 14 heavy (non-hydrogen) atoms. The molecule has 0 saturated heterocycles. The van der Waals surface area contributed by atoms with Crippen LogP contribution < -0.4 is 5.32 Å². The molecule has 2 heteroatoms. The second kappa shape index (κ2) is 4.81. The molecular weight excluding hydrogens is 174 g/mol. The van der Waals surface area contributed by atoms with Gasteiger partial charge in [0.25, 0.3) is 0 Å². The number of carbonyl (C=O) groups is 1. The van der Waals surface area contributed by atoms with Gasteiger partial charge in [-0.3, -0.25) is 4.79 Å². The van der Waals surface area contributed by atoms with Crippen LogP contribution in [0, 0.1) is 5.41 Å². The van der Waals surface area contributed by atoms with Crippen molar-refractivity contribution in [3.63, 3.8) is 0 Å². The fraction of sp³-hybridized carbons (Fsp3) is 0.917. The molecule has 1 N–H and O–H groups in total. The zero-order valence-corrected chi connectivity index (χ0v) is 9.73. The first-order valence-electron chi connectivity index (χ1n) is 5.89. The minimum absolute atomic E-state index is 0.123. The molecule has 1 unspecified atom stereocenters. The van der Waals surface area contributed by atoms with Gasteiger partial charge in [0.1, 0.15) is 0 Å². The third kappa shape index (κ3) is 2.73. The van der Waals surface area contributed by atoms with Crippen molar-refractivity contribution in [1.82, 2.24) is 5.32 Å². The van der Waals surface area contributed by atoms with E-state index >= 15 is 0 Å². The van der Waals surface area contributed by atoms with Gasteiger partial charge in [0.05, 0.1) is 0 Å². The van der Waals surface area contributed by atoms with Crippen LogP contribution in [0.4, 0.5) is 0 Å². The van der Waals surface area contributed by atoms with Crippen molar-refractivity contribution >= 4 is 5.91 Å². The Kier molecular flexibility index (Phi) is 3.97. The second-order valence-electron chi connectivity index (χ2n) is 4.70. The van der Waals surface area contributed by atoms with Crippen LogP contribution in [0.3, 0.4) is 0 Å². The average Bonchev–Trinajstić information content (AvgIpc) is 2.17. The van der Waals surface area contributed by atoms with E-state index < -0.39 is 0 Å². The quantitative estimate of drug-likeness (QED) is 0.740. The van der Waals surface area contributed by atoms with E-state index in [-0.39, 0.29) is 5.91 Å². The van der Waals surface area contributed by atoms with Gasteiger partial charge < -0.3 is 5.32 Å². The highest BCUT2D eigenvalue weighted by molar-refractivity contribution is 5.73. The maximum absolute atomic E-state index is 11.0. The number of nitrogens with one attached hydrogen (secondary N) is 1. The smallest absolute Gasteiger partial charge is 0.217 e. The molecule has 1 fully saturated rings. The molecule has 1 atom stereocenters. The zero-order chi connectivity index (χ0) is 10.6. The van der Waals surface area contributed by atoms with E-state index in [0.717, 1.165) is 0 Å². The Bertz CT molecular complexity index is 196. The maximum atomic E-state index is 11.0. The Morgan fingerprint density at radius 1 is 1.43 bits per heavy atom. The van der Waals surface area contributed by atoms with Gasteiger partial charge in [-0.25, -0.2) is 0 Å². The molecule has 2 nitrogen and oxygen atoms in total. The van der Waals surface area contributed by atoms with Gasteiger partial charge in [0.2, 0.25) is 5.91 Å². The lowest BCUT2D eigenvalue weighted by Crippen LogP contribution is -2.41. The molecule has 1 aliphatic carbocycles. The van der Waals surface area contributed by atoms with Gasteiger partial charge in [-0.15, -0.1) is 0 Å². The first kappa shape index (κ1) is 11.5. The number of carbonyl (C=O) groups excluding carboxylic acids is 1. The van der Waals surface area contributed by atoms with Crippen molar-refractivity contribution in [3.05, 3.63) is 0 Å². The lowest BCUT2D eigenvalue weighted by molar-refractivity contribution is -0.120. The maximum Gasteiger partial charge on any atom is 0.217 e. The number of hydrogen-bond donors (Lipinski definition) is 1. The third-order valence-electron chi connectivity index (χ3n) is 3.85. The first-order chi connectivity index (χ1) is 6.62. The molecule has 0 aromatic heterocycles. The summed E-state index contributed by atoms with van der Waals surface area (Å²) in [5.41, 5.74) is 0.505. The molecule has 82 valence electrons. The molecule has 0 aliphatic heterocycles. The largest absolute Gasteiger partial charge is 0.354 e. The summed E-state index contributed by atoms with van der Waals surface area (Å²) in [7, 11) is 0. The van der Waals surface area contributed by atoms with Gasteiger partial charge in [-0.2, -0.15) is 0 Å². The monoisotopic (exact) mass is 197 g/mol. The predicted molar refractivity (Wildman–Crippen MR) is 59.1 cm³/mol. The van der Waals surface area contributed by atoms with Crippen LogP contribution in [-0.4, -0.2) is 11.9 Å². The summed E-state index contributed by atoms with van der Waals surface area (Å²) in [6.45, 7) is 6.17. The Morgan fingerprint density at radius 2 is 2.07 bits per heavy atom. The summed E-state index contributed by atoms with van der Waals surface area (Å²) in [6.07, 6.45) is 7.46. The number of rotatable bonds is 3. The van der Waals surface area contributed by atoms with Crippen molar-refractivity contribution in [2.24, 2.45) is 5.41 Å². The van der Waals surface area contributed by atoms with E-state index in [2.05, 4.69) is 19.2 Å². The van der Waals surface area contributed by atoms with Crippen LogP contribution in [0.5, 0.6) is 0 Å². The van der Waals surface area contributed by atoms with E-state index in [1.54, 1.807) is 6.92 Å². The highest BCUT2D eigenvalue weighted by Crippen LogP contribution is 2.41. The van der Waals surface area contributed by atoms with Crippen molar-refractivity contribution in [1.29, 1.82) is 0 Å². The fourth-order valence-electron chi connectivity index (χ4n) is 2.75. The summed E-state index contributed by atoms with van der Waals surface area (Å²) in [4.78, 5) is 11.0. The van der Waals surface area contributed by atoms with Gasteiger partial charge in [0, 0.05) is 13.0 Å². The summed E-state index contributed by atoms with van der Waals surface area (Å²) < 4.78 is 0. The van der Waals surface area contributed by atoms with Crippen LogP contribution in [0.25, 0.3) is 0 Å². The number of amides is 1. The molecule has 0 bridgehead atoms. The lowest BCUT2D eigenvalue weighted by Gasteiger charge is -2.40. The predicted octanol–water partition coefficient (Wildman–Crippen LogP) is 2.87. The van der Waals surface area contributed by atoms with E-state index in [1.165, 1.54) is 38.5 Å². The molecule has 1 aliphatic rings. The molecule has 1 amide bonds. The lowest BCUT2D eigenvalue weighted by atomic mass is 9.69. The molecule has 0 aromatic carbocycles. The Hall–Kier alpha value is -0.530. The Morgan fingerprint density at radius 3 is 2.57 bits per heavy atom. The Balaban J connectivity index is 2.53. The van der Waals surface area contributed by atoms with E-state index in [4.69, 9.17) is 0 Å². The van der Waals surface area contributed by atoms with Crippen molar-refractivity contribution in [2.45, 2.75) is 65.3 Å². The summed E-state index contributed by atoms with van der Waals surface area (Å²) in [6, 6.07) is 0.432. The van der Waals surface area contributed by atoms with Crippen LogP contribution in [0.15, 0.2) is 0 Å². The van der Waals surface area contributed by atoms with E-state index in [1.807, 2.05) is 0 Å². The molecule has 1 saturated carbocycles. The van der Waals surface area contributed by atoms with E-state index in [9.17, 15) is 4.79 Å². The van der Waals surface area contributed by atoms with Gasteiger partial charge in [0.15, 0.2) is 0 Å². The van der Waals surface area contributed by atoms with Crippen molar-refractivity contribution < 1.29 is 4.79 Å². The van der Waals surface area contributed by atoms with Crippen LogP contribution in [-0.2, 0) is 4.79 Å². The molecular formula is C12H23NO. The zero-order valence-electron chi connectivity index (χ0n) is 9.73. The van der Waals surface area contributed by atoms with Gasteiger partial charge >= 0.3 is 0 Å². The van der Waals surface area contributed by atoms with Gasteiger partial charge in [-0.1, -0.05) is 33.1 Å². The fourth-order valence-corrected chi connectivity index (χ4v) is 2.75. The molecule has 0 radical (unpaired) electrons. The molecule has 0 aromatic rings. The van der Waals surface area contributed by atoms with Crippen LogP contribution in [0.2, 0.25) is 0 Å². The van der Waals surface area contributed by atoms with Crippen LogP contribution >= 0.6 is 0 Å². The number of hydrogen-bond acceptors (Lipinski definition) is 1. The normalized spacial score (nSPS) is 25.8. The standard InChI is InChI=1S/C12H23NO/c1-4-12(5-2)8-6-7-11(9-12)13-10(3)14/h11H,4-9H2,1-3H3,(H,13,14).